The van der Waals surface area contributed by atoms with Crippen molar-refractivity contribution in [2.24, 2.45) is 5.73 Å². The molecule has 0 unspecified atom stereocenters. The first kappa shape index (κ1) is 59.8. The Hall–Kier alpha value is -6.81. The molecule has 2 aliphatic rings. The Bertz CT molecular complexity index is 2300. The van der Waals surface area contributed by atoms with Gasteiger partial charge >= 0.3 is 5.97 Å². The molecule has 2 aromatic rings. The largest absolute Gasteiger partial charge is 0.507 e. The Balaban J connectivity index is 1.38. The molecule has 1 saturated heterocycles. The number of aliphatic hydroxyl groups excluding tert-OH is 1. The maximum atomic E-state index is 14.2. The molecule has 0 radical (unpaired) electrons. The minimum absolute atomic E-state index is 0.0166. The highest BCUT2D eigenvalue weighted by atomic mass is 16.4. The average Bonchev–Trinajstić information content (AvgIpc) is 3.88. The van der Waals surface area contributed by atoms with E-state index in [1.807, 2.05) is 0 Å². The molecule has 0 aromatic heterocycles. The van der Waals surface area contributed by atoms with Gasteiger partial charge in [-0.1, -0.05) is 96.1 Å². The molecule has 4 bridgehead atoms. The number of aliphatic carboxylic acids is 1. The van der Waals surface area contributed by atoms with Gasteiger partial charge in [0.25, 0.3) is 5.91 Å². The molecular weight excluding hydrogens is 959 g/mol. The number of carbonyl (C=O) groups is 9. The number of likely N-dealkylation sites (tertiary alicyclic amines) is 1. The van der Waals surface area contributed by atoms with E-state index in [2.05, 4.69) is 33.5 Å². The van der Waals surface area contributed by atoms with Crippen LogP contribution in [-0.4, -0.2) is 159 Å². The number of unbranched alkanes of at least 4 members (excludes halogenated alkanes) is 12. The molecule has 2 heterocycles. The molecule has 408 valence electrons. The van der Waals surface area contributed by atoms with Gasteiger partial charge in [-0.15, -0.1) is 0 Å². The first-order valence-corrected chi connectivity index (χ1v) is 25.8. The number of carboxylic acids is 1. The number of rotatable bonds is 26. The number of fused-ring (bicyclic) bond motifs is 5. The molecule has 22 heteroatoms. The first-order chi connectivity index (χ1) is 35.3. The maximum Gasteiger partial charge on any atom is 0.326 e. The van der Waals surface area contributed by atoms with Crippen LogP contribution >= 0.6 is 0 Å². The first-order valence-electron chi connectivity index (χ1n) is 25.8. The van der Waals surface area contributed by atoms with Crippen molar-refractivity contribution >= 4 is 53.2 Å². The molecule has 8 amide bonds. The number of phenolic OH excluding ortho intramolecular Hbond substituents is 2. The minimum atomic E-state index is -1.74. The van der Waals surface area contributed by atoms with Crippen LogP contribution in [0.3, 0.4) is 0 Å². The number of carbonyl (C=O) groups excluding carboxylic acids is 8. The van der Waals surface area contributed by atoms with Gasteiger partial charge in [0.05, 0.1) is 19.7 Å². The minimum Gasteiger partial charge on any atom is -0.507 e. The van der Waals surface area contributed by atoms with Crippen LogP contribution in [0.15, 0.2) is 36.4 Å². The van der Waals surface area contributed by atoms with Gasteiger partial charge in [-0.3, -0.25) is 38.4 Å². The lowest BCUT2D eigenvalue weighted by atomic mass is 9.93. The predicted molar refractivity (Wildman–Crippen MR) is 272 cm³/mol. The summed E-state index contributed by atoms with van der Waals surface area (Å²) in [4.78, 5) is 122. The van der Waals surface area contributed by atoms with Gasteiger partial charge in [0.2, 0.25) is 41.4 Å². The number of likely N-dealkylation sites (N-methyl/N-ethyl adjacent to an activating group) is 2. The molecular formula is C52H77N9O13. The molecule has 0 aliphatic carbocycles. The number of nitrogens with zero attached hydrogens (tertiary/aromatic N) is 3. The van der Waals surface area contributed by atoms with E-state index in [1.54, 1.807) is 0 Å². The number of nitrogens with one attached hydrogen (secondary N) is 5. The van der Waals surface area contributed by atoms with Crippen LogP contribution in [0.4, 0.5) is 0 Å². The Kier molecular flexibility index (Phi) is 24.0. The summed E-state index contributed by atoms with van der Waals surface area (Å²) < 4.78 is 0. The fourth-order valence-electron chi connectivity index (χ4n) is 9.11. The van der Waals surface area contributed by atoms with E-state index < -0.39 is 103 Å². The van der Waals surface area contributed by atoms with Crippen LogP contribution in [0, 0.1) is 0 Å². The SMILES string of the molecule is CCCCCCCCCCCCCCCC(=O)N(C)[C@H](CO)C(=O)N[C@H](N)C(=O)NCC(=O)N(C)[C@@H]1C(=O)N[C@@H](C)C(=O)N[C@H](C(=O)NCC(=O)N2CCC[C@@H]2C(=O)O)Cc2ccc(O)c(c2)-c2cc1ccc2O. The average molecular weight is 1040 g/mol. The lowest BCUT2D eigenvalue weighted by Crippen LogP contribution is -2.59. The number of hydrogen-bond donors (Lipinski definition) is 10. The van der Waals surface area contributed by atoms with Crippen molar-refractivity contribution < 1.29 is 63.6 Å². The van der Waals surface area contributed by atoms with E-state index in [4.69, 9.17) is 5.73 Å². The van der Waals surface area contributed by atoms with Gasteiger partial charge < -0.3 is 67.4 Å². The molecule has 74 heavy (non-hydrogen) atoms. The summed E-state index contributed by atoms with van der Waals surface area (Å²) in [5, 5.41) is 53.8. The number of benzene rings is 2. The van der Waals surface area contributed by atoms with Crippen molar-refractivity contribution in [3.05, 3.63) is 47.5 Å². The Morgan fingerprint density at radius 1 is 0.770 bits per heavy atom. The molecule has 2 aliphatic heterocycles. The molecule has 22 nitrogen and oxygen atoms in total. The zero-order chi connectivity index (χ0) is 54.5. The zero-order valence-electron chi connectivity index (χ0n) is 43.2. The van der Waals surface area contributed by atoms with Crippen LogP contribution in [0.1, 0.15) is 134 Å². The summed E-state index contributed by atoms with van der Waals surface area (Å²) >= 11 is 0. The normalized spacial score (nSPS) is 18.4. The smallest absolute Gasteiger partial charge is 0.326 e. The van der Waals surface area contributed by atoms with Crippen molar-refractivity contribution in [3.8, 4) is 22.6 Å². The number of hydrogen-bond acceptors (Lipinski definition) is 13. The highest BCUT2D eigenvalue weighted by Crippen LogP contribution is 2.39. The second-order valence-electron chi connectivity index (χ2n) is 19.2. The van der Waals surface area contributed by atoms with Gasteiger partial charge in [-0.2, -0.15) is 0 Å². The summed E-state index contributed by atoms with van der Waals surface area (Å²) in [6.07, 6.45) is 13.8. The summed E-state index contributed by atoms with van der Waals surface area (Å²) in [5.41, 5.74) is 6.54. The van der Waals surface area contributed by atoms with Crippen molar-refractivity contribution in [3.63, 3.8) is 0 Å². The lowest BCUT2D eigenvalue weighted by molar-refractivity contribution is -0.148. The van der Waals surface area contributed by atoms with Gasteiger partial charge in [-0.25, -0.2) is 4.79 Å². The third-order valence-corrected chi connectivity index (χ3v) is 13.6. The van der Waals surface area contributed by atoms with E-state index in [1.165, 1.54) is 109 Å². The molecule has 0 spiro atoms. The third-order valence-electron chi connectivity index (χ3n) is 13.6. The number of aromatic hydroxyl groups is 2. The maximum absolute atomic E-state index is 14.2. The van der Waals surface area contributed by atoms with E-state index in [0.717, 1.165) is 40.4 Å². The van der Waals surface area contributed by atoms with Crippen LogP contribution in [-0.2, 0) is 49.6 Å². The highest BCUT2D eigenvalue weighted by molar-refractivity contribution is 5.97. The quantitative estimate of drug-likeness (QED) is 0.0475. The summed E-state index contributed by atoms with van der Waals surface area (Å²) in [7, 11) is 2.60. The van der Waals surface area contributed by atoms with Crippen LogP contribution in [0.5, 0.6) is 11.5 Å². The molecule has 0 saturated carbocycles. The van der Waals surface area contributed by atoms with Crippen molar-refractivity contribution in [1.82, 2.24) is 41.3 Å². The highest BCUT2D eigenvalue weighted by Gasteiger charge is 2.36. The fourth-order valence-corrected chi connectivity index (χ4v) is 9.11. The standard InChI is InChI=1S/C52H77N9O13/c1-5-6-7-8-9-10-11-12-13-14-15-16-17-20-42(65)59(3)39(31-62)49(70)58-46(53)51(72)55-29-43(66)60(4)45-34-22-24-41(64)36(28-34)35-26-33(21-23-40(35)63)27-37(57-47(68)32(2)56-50(45)71)48(69)54-30-44(67)61-25-18-19-38(61)52(73)74/h21-24,26,28,32,37-39,45-46,62-64H,5-20,25,27,29-31,53H2,1-4H3,(H,54,69)(H,55,72)(H,56,71)(H,57,68)(H,58,70)(H,73,74)/t32-,37-,38+,39+,45-,46-/m0/s1. The van der Waals surface area contributed by atoms with Gasteiger partial charge in [0, 0.05) is 44.6 Å². The predicted octanol–water partition coefficient (Wildman–Crippen LogP) is 1.82. The van der Waals surface area contributed by atoms with Crippen molar-refractivity contribution in [1.29, 1.82) is 0 Å². The van der Waals surface area contributed by atoms with Gasteiger partial charge in [0.15, 0.2) is 6.17 Å². The van der Waals surface area contributed by atoms with E-state index in [0.29, 0.717) is 18.4 Å². The topological polar surface area (TPSA) is 330 Å². The van der Waals surface area contributed by atoms with E-state index in [-0.39, 0.29) is 59.9 Å². The third kappa shape index (κ3) is 17.4. The number of amides is 8. The monoisotopic (exact) mass is 1040 g/mol. The molecule has 4 rings (SSSR count). The molecule has 1 fully saturated rings. The van der Waals surface area contributed by atoms with Crippen LogP contribution in [0.2, 0.25) is 0 Å². The number of carboxylic acid groups (broad SMARTS) is 1. The lowest BCUT2D eigenvalue weighted by Gasteiger charge is -2.30. The van der Waals surface area contributed by atoms with Crippen molar-refractivity contribution in [2.75, 3.05) is 40.3 Å². The molecule has 11 N–H and O–H groups in total. The van der Waals surface area contributed by atoms with Crippen LogP contribution < -0.4 is 32.3 Å². The molecule has 2 aromatic carbocycles. The van der Waals surface area contributed by atoms with Crippen molar-refractivity contribution in [2.45, 2.75) is 159 Å². The Morgan fingerprint density at radius 3 is 1.97 bits per heavy atom. The van der Waals surface area contributed by atoms with Gasteiger partial charge in [0.1, 0.15) is 41.7 Å². The Labute approximate surface area is 432 Å². The van der Waals surface area contributed by atoms with E-state index >= 15 is 0 Å². The summed E-state index contributed by atoms with van der Waals surface area (Å²) in [6.45, 7) is 1.63. The Morgan fingerprint density at radius 2 is 1.36 bits per heavy atom. The second-order valence-corrected chi connectivity index (χ2v) is 19.2. The summed E-state index contributed by atoms with van der Waals surface area (Å²) in [6, 6.07) is 1.46. The van der Waals surface area contributed by atoms with Crippen LogP contribution in [0.25, 0.3) is 11.1 Å². The zero-order valence-corrected chi connectivity index (χ0v) is 43.2. The van der Waals surface area contributed by atoms with E-state index in [9.17, 15) is 63.6 Å². The number of nitrogens with two attached hydrogens (primary N) is 1. The fraction of sp³-hybridized carbons (Fsp3) is 0.596. The molecule has 6 atom stereocenters. The van der Waals surface area contributed by atoms with Gasteiger partial charge in [-0.05, 0) is 61.6 Å². The second kappa shape index (κ2) is 29.8. The summed E-state index contributed by atoms with van der Waals surface area (Å²) in [5.74, 6) is -8.23. The number of aliphatic hydroxyl groups is 1. The number of phenols is 2.